The molecule has 146 valence electrons. The van der Waals surface area contributed by atoms with Crippen LogP contribution >= 0.6 is 11.3 Å². The maximum atomic E-state index is 12.6. The van der Waals surface area contributed by atoms with Crippen molar-refractivity contribution in [2.45, 2.75) is 6.92 Å². The molecule has 8 nitrogen and oxygen atoms in total. The molecule has 1 amide bonds. The molecule has 1 N–H and O–H groups in total. The van der Waals surface area contributed by atoms with E-state index in [4.69, 9.17) is 4.74 Å². The van der Waals surface area contributed by atoms with Gasteiger partial charge in [0.1, 0.15) is 11.4 Å². The SMILES string of the molecule is CCOc1ccc(Nc2nc(C(=O)N3CCN(S(C)(=O)=O)CC3)cs2)cc1. The third-order valence-electron chi connectivity index (χ3n) is 4.13. The van der Waals surface area contributed by atoms with E-state index in [0.29, 0.717) is 43.6 Å². The molecule has 0 spiro atoms. The molecule has 10 heteroatoms. The monoisotopic (exact) mass is 410 g/mol. The molecule has 3 rings (SSSR count). The van der Waals surface area contributed by atoms with Crippen molar-refractivity contribution in [3.8, 4) is 5.75 Å². The minimum absolute atomic E-state index is 0.181. The normalized spacial score (nSPS) is 15.6. The van der Waals surface area contributed by atoms with Gasteiger partial charge >= 0.3 is 0 Å². The summed E-state index contributed by atoms with van der Waals surface area (Å²) in [7, 11) is -3.21. The van der Waals surface area contributed by atoms with Crippen molar-refractivity contribution in [2.24, 2.45) is 0 Å². The van der Waals surface area contributed by atoms with Crippen LogP contribution in [-0.4, -0.2) is 67.6 Å². The van der Waals surface area contributed by atoms with E-state index in [1.54, 1.807) is 10.3 Å². The van der Waals surface area contributed by atoms with Gasteiger partial charge in [-0.3, -0.25) is 4.79 Å². The van der Waals surface area contributed by atoms with Crippen LogP contribution < -0.4 is 10.1 Å². The summed E-state index contributed by atoms with van der Waals surface area (Å²) in [4.78, 5) is 18.6. The first-order valence-electron chi connectivity index (χ1n) is 8.56. The second-order valence-electron chi connectivity index (χ2n) is 6.07. The summed E-state index contributed by atoms with van der Waals surface area (Å²) in [5, 5.41) is 5.50. The van der Waals surface area contributed by atoms with Crippen molar-refractivity contribution < 1.29 is 17.9 Å². The molecule has 2 aromatic rings. The van der Waals surface area contributed by atoms with Gasteiger partial charge in [-0.15, -0.1) is 11.3 Å². The van der Waals surface area contributed by atoms with Crippen LogP contribution in [0, 0.1) is 0 Å². The van der Waals surface area contributed by atoms with Crippen LogP contribution in [0.15, 0.2) is 29.6 Å². The first-order chi connectivity index (χ1) is 12.9. The molecule has 0 unspecified atom stereocenters. The Morgan fingerprint density at radius 2 is 1.89 bits per heavy atom. The fourth-order valence-corrected chi connectivity index (χ4v) is 4.27. The van der Waals surface area contributed by atoms with Gasteiger partial charge in [-0.2, -0.15) is 4.31 Å². The molecule has 0 saturated carbocycles. The molecule has 1 aliphatic rings. The Kier molecular flexibility index (Phi) is 5.98. The van der Waals surface area contributed by atoms with E-state index in [1.165, 1.54) is 21.9 Å². The Labute approximate surface area is 162 Å². The predicted octanol–water partition coefficient (Wildman–Crippen LogP) is 2.00. The van der Waals surface area contributed by atoms with E-state index >= 15 is 0 Å². The number of benzene rings is 1. The van der Waals surface area contributed by atoms with Crippen molar-refractivity contribution in [3.63, 3.8) is 0 Å². The van der Waals surface area contributed by atoms with Crippen LogP contribution in [-0.2, 0) is 10.0 Å². The quantitative estimate of drug-likeness (QED) is 0.783. The first kappa shape index (κ1) is 19.6. The van der Waals surface area contributed by atoms with Crippen LogP contribution in [0.4, 0.5) is 10.8 Å². The molecule has 0 bridgehead atoms. The minimum Gasteiger partial charge on any atom is -0.494 e. The summed E-state index contributed by atoms with van der Waals surface area (Å²) in [5.74, 6) is 0.616. The number of rotatable bonds is 6. The highest BCUT2D eigenvalue weighted by atomic mass is 32.2. The summed E-state index contributed by atoms with van der Waals surface area (Å²) in [6, 6.07) is 7.51. The van der Waals surface area contributed by atoms with Crippen molar-refractivity contribution in [3.05, 3.63) is 35.3 Å². The summed E-state index contributed by atoms with van der Waals surface area (Å²) in [5.41, 5.74) is 1.22. The van der Waals surface area contributed by atoms with Gasteiger partial charge in [-0.25, -0.2) is 13.4 Å². The van der Waals surface area contributed by atoms with E-state index in [9.17, 15) is 13.2 Å². The van der Waals surface area contributed by atoms with Crippen molar-refractivity contribution >= 4 is 38.1 Å². The van der Waals surface area contributed by atoms with E-state index < -0.39 is 10.0 Å². The van der Waals surface area contributed by atoms with Gasteiger partial charge in [0.15, 0.2) is 5.13 Å². The average molecular weight is 411 g/mol. The number of piperazine rings is 1. The summed E-state index contributed by atoms with van der Waals surface area (Å²) < 4.78 is 29.9. The molecule has 2 heterocycles. The molecule has 1 aromatic heterocycles. The average Bonchev–Trinajstić information content (AvgIpc) is 3.11. The van der Waals surface area contributed by atoms with Gasteiger partial charge in [0, 0.05) is 37.2 Å². The van der Waals surface area contributed by atoms with Crippen LogP contribution in [0.3, 0.4) is 0 Å². The lowest BCUT2D eigenvalue weighted by Gasteiger charge is -2.32. The number of carbonyl (C=O) groups excluding carboxylic acids is 1. The highest BCUT2D eigenvalue weighted by Gasteiger charge is 2.27. The second kappa shape index (κ2) is 8.24. The number of thiazole rings is 1. The van der Waals surface area contributed by atoms with Gasteiger partial charge in [-0.1, -0.05) is 0 Å². The fourth-order valence-electron chi connectivity index (χ4n) is 2.74. The highest BCUT2D eigenvalue weighted by Crippen LogP contribution is 2.24. The summed E-state index contributed by atoms with van der Waals surface area (Å²) in [6.07, 6.45) is 1.18. The summed E-state index contributed by atoms with van der Waals surface area (Å²) in [6.45, 7) is 3.90. The number of hydrogen-bond acceptors (Lipinski definition) is 7. The zero-order valence-electron chi connectivity index (χ0n) is 15.2. The maximum Gasteiger partial charge on any atom is 0.273 e. The lowest BCUT2D eigenvalue weighted by Crippen LogP contribution is -2.50. The third-order valence-corrected chi connectivity index (χ3v) is 6.20. The van der Waals surface area contributed by atoms with Crippen molar-refractivity contribution in [2.75, 3.05) is 44.4 Å². The number of hydrogen-bond donors (Lipinski definition) is 1. The van der Waals surface area contributed by atoms with Crippen LogP contribution in [0.25, 0.3) is 0 Å². The van der Waals surface area contributed by atoms with E-state index in [0.717, 1.165) is 11.4 Å². The lowest BCUT2D eigenvalue weighted by atomic mass is 10.3. The van der Waals surface area contributed by atoms with Crippen molar-refractivity contribution in [1.29, 1.82) is 0 Å². The van der Waals surface area contributed by atoms with Gasteiger partial charge in [0.05, 0.1) is 12.9 Å². The van der Waals surface area contributed by atoms with Gasteiger partial charge in [0.2, 0.25) is 10.0 Å². The number of amides is 1. The second-order valence-corrected chi connectivity index (χ2v) is 8.92. The number of sulfonamides is 1. The van der Waals surface area contributed by atoms with Crippen molar-refractivity contribution in [1.82, 2.24) is 14.2 Å². The minimum atomic E-state index is -3.21. The smallest absolute Gasteiger partial charge is 0.273 e. The number of nitrogens with one attached hydrogen (secondary N) is 1. The van der Waals surface area contributed by atoms with Crippen LogP contribution in [0.2, 0.25) is 0 Å². The molecule has 0 radical (unpaired) electrons. The molecule has 1 aromatic carbocycles. The molecular weight excluding hydrogens is 388 g/mol. The van der Waals surface area contributed by atoms with Gasteiger partial charge in [-0.05, 0) is 31.2 Å². The number of carbonyl (C=O) groups is 1. The Bertz CT molecular complexity index is 888. The van der Waals surface area contributed by atoms with Gasteiger partial charge in [0.25, 0.3) is 5.91 Å². The standard InChI is InChI=1S/C17H22N4O4S2/c1-3-25-14-6-4-13(5-7-14)18-17-19-15(12-26-17)16(22)20-8-10-21(11-9-20)27(2,23)24/h4-7,12H,3,8-11H2,1-2H3,(H,18,19). The zero-order chi connectivity index (χ0) is 19.4. The Morgan fingerprint density at radius 3 is 2.48 bits per heavy atom. The number of nitrogens with zero attached hydrogens (tertiary/aromatic N) is 3. The van der Waals surface area contributed by atoms with Crippen LogP contribution in [0.5, 0.6) is 5.75 Å². The molecular formula is C17H22N4O4S2. The zero-order valence-corrected chi connectivity index (χ0v) is 16.8. The lowest BCUT2D eigenvalue weighted by molar-refractivity contribution is 0.0693. The fraction of sp³-hybridized carbons (Fsp3) is 0.412. The topological polar surface area (TPSA) is 91.8 Å². The first-order valence-corrected chi connectivity index (χ1v) is 11.3. The Balaban J connectivity index is 1.59. The molecule has 1 fully saturated rings. The van der Waals surface area contributed by atoms with E-state index in [1.807, 2.05) is 31.2 Å². The summed E-state index contributed by atoms with van der Waals surface area (Å²) >= 11 is 1.35. The molecule has 0 aliphatic carbocycles. The Morgan fingerprint density at radius 1 is 1.22 bits per heavy atom. The largest absolute Gasteiger partial charge is 0.494 e. The van der Waals surface area contributed by atoms with E-state index in [-0.39, 0.29) is 5.91 Å². The number of aromatic nitrogens is 1. The van der Waals surface area contributed by atoms with Gasteiger partial charge < -0.3 is 15.0 Å². The number of anilines is 2. The highest BCUT2D eigenvalue weighted by molar-refractivity contribution is 7.88. The third kappa shape index (κ3) is 4.96. The molecule has 1 saturated heterocycles. The Hall–Kier alpha value is -2.17. The maximum absolute atomic E-state index is 12.6. The molecule has 27 heavy (non-hydrogen) atoms. The molecule has 0 atom stereocenters. The molecule has 1 aliphatic heterocycles. The van der Waals surface area contributed by atoms with E-state index in [2.05, 4.69) is 10.3 Å². The number of ether oxygens (including phenoxy) is 1. The van der Waals surface area contributed by atoms with Crippen LogP contribution in [0.1, 0.15) is 17.4 Å². The predicted molar refractivity (Wildman–Crippen MR) is 105 cm³/mol.